The first-order valence-corrected chi connectivity index (χ1v) is 7.77. The number of ketones is 1. The van der Waals surface area contributed by atoms with Crippen molar-refractivity contribution in [1.82, 2.24) is 0 Å². The number of carbonyl (C=O) groups excluding carboxylic acids is 1. The van der Waals surface area contributed by atoms with Gasteiger partial charge in [-0.25, -0.2) is 4.99 Å². The fourth-order valence-corrected chi connectivity index (χ4v) is 2.42. The van der Waals surface area contributed by atoms with Crippen LogP contribution in [0.2, 0.25) is 0 Å². The Bertz CT molecular complexity index is 715. The summed E-state index contributed by atoms with van der Waals surface area (Å²) in [5.74, 6) is 0.133. The Labute approximate surface area is 138 Å². The molecule has 0 heterocycles. The number of thioether (sulfide) groups is 1. The van der Waals surface area contributed by atoms with Crippen molar-refractivity contribution in [2.75, 3.05) is 11.0 Å². The van der Waals surface area contributed by atoms with Gasteiger partial charge in [0.05, 0.1) is 17.1 Å². The standard InChI is InChI=1S/C16H16N3O3S/c1-11-5-7-12(8-6-11)15(20)10-23-16(17)18-13-3-2-4-14(9-13)19(21)22/h2-9,21H,10H2,1H3,(H2,17,18)/q-1. The molecule has 0 aliphatic heterocycles. The summed E-state index contributed by atoms with van der Waals surface area (Å²) in [5.41, 5.74) is 7.98. The van der Waals surface area contributed by atoms with Crippen molar-refractivity contribution in [3.05, 3.63) is 64.9 Å². The van der Waals surface area contributed by atoms with E-state index in [1.54, 1.807) is 24.3 Å². The van der Waals surface area contributed by atoms with Crippen molar-refractivity contribution in [2.45, 2.75) is 6.92 Å². The van der Waals surface area contributed by atoms with E-state index < -0.39 is 0 Å². The normalized spacial score (nSPS) is 11.3. The van der Waals surface area contributed by atoms with Gasteiger partial charge < -0.3 is 16.2 Å². The molecule has 0 bridgehead atoms. The van der Waals surface area contributed by atoms with Gasteiger partial charge in [0.1, 0.15) is 0 Å². The van der Waals surface area contributed by atoms with Crippen LogP contribution in [0.15, 0.2) is 53.5 Å². The number of anilines is 1. The smallest absolute Gasteiger partial charge is 0.173 e. The number of Topliss-reactive ketones (excluding diaryl/α,β-unsaturated/α-hetero) is 1. The molecule has 0 fully saturated rings. The second kappa shape index (κ2) is 7.77. The molecular formula is C16H16N3O3S-. The van der Waals surface area contributed by atoms with Gasteiger partial charge in [0, 0.05) is 5.56 Å². The average molecular weight is 330 g/mol. The van der Waals surface area contributed by atoms with E-state index in [2.05, 4.69) is 4.99 Å². The van der Waals surface area contributed by atoms with Crippen LogP contribution in [0.3, 0.4) is 0 Å². The maximum atomic E-state index is 12.0. The minimum absolute atomic E-state index is 0.0389. The minimum Gasteiger partial charge on any atom is -0.733 e. The van der Waals surface area contributed by atoms with Crippen LogP contribution >= 0.6 is 11.8 Å². The number of hydrogen-bond donors (Lipinski definition) is 2. The summed E-state index contributed by atoms with van der Waals surface area (Å²) in [4.78, 5) is 16.2. The second-order valence-corrected chi connectivity index (χ2v) is 5.82. The van der Waals surface area contributed by atoms with Crippen LogP contribution in [-0.2, 0) is 0 Å². The molecule has 3 N–H and O–H groups in total. The summed E-state index contributed by atoms with van der Waals surface area (Å²) in [6, 6.07) is 13.4. The van der Waals surface area contributed by atoms with Gasteiger partial charge in [0.2, 0.25) is 0 Å². The lowest BCUT2D eigenvalue weighted by molar-refractivity contribution is 0.102. The van der Waals surface area contributed by atoms with E-state index in [9.17, 15) is 10.0 Å². The summed E-state index contributed by atoms with van der Waals surface area (Å²) in [7, 11) is 0. The molecule has 0 spiro atoms. The topological polar surface area (TPSA) is 102 Å². The fourth-order valence-electron chi connectivity index (χ4n) is 1.80. The molecule has 6 nitrogen and oxygen atoms in total. The molecule has 0 aromatic heterocycles. The molecule has 0 saturated heterocycles. The van der Waals surface area contributed by atoms with Gasteiger partial charge in [-0.1, -0.05) is 47.7 Å². The summed E-state index contributed by atoms with van der Waals surface area (Å²) in [5, 5.41) is 19.6. The molecule has 0 saturated carbocycles. The van der Waals surface area contributed by atoms with Gasteiger partial charge in [-0.2, -0.15) is 0 Å². The zero-order valence-corrected chi connectivity index (χ0v) is 13.3. The molecule has 0 aliphatic rings. The molecule has 0 aliphatic carbocycles. The van der Waals surface area contributed by atoms with E-state index in [4.69, 9.17) is 10.9 Å². The first-order chi connectivity index (χ1) is 11.0. The van der Waals surface area contributed by atoms with E-state index in [1.807, 2.05) is 19.1 Å². The summed E-state index contributed by atoms with van der Waals surface area (Å²) >= 11 is 1.12. The maximum absolute atomic E-state index is 12.0. The Balaban J connectivity index is 1.98. The van der Waals surface area contributed by atoms with Crippen LogP contribution < -0.4 is 11.0 Å². The van der Waals surface area contributed by atoms with Crippen LogP contribution in [0.4, 0.5) is 11.4 Å². The number of amidine groups is 1. The van der Waals surface area contributed by atoms with Crippen LogP contribution in [0.25, 0.3) is 0 Å². The SMILES string of the molecule is Cc1ccc(C(=O)CSC(N)=Nc2cccc(N([O-])O)c2)cc1. The number of rotatable bonds is 5. The van der Waals surface area contributed by atoms with Crippen molar-refractivity contribution in [2.24, 2.45) is 10.7 Å². The molecule has 2 rings (SSSR count). The minimum atomic E-state index is -0.247. The zero-order valence-electron chi connectivity index (χ0n) is 12.5. The van der Waals surface area contributed by atoms with Crippen molar-refractivity contribution in [1.29, 1.82) is 0 Å². The molecule has 0 radical (unpaired) electrons. The highest BCUT2D eigenvalue weighted by Gasteiger charge is 2.07. The predicted molar refractivity (Wildman–Crippen MR) is 93.3 cm³/mol. The van der Waals surface area contributed by atoms with E-state index >= 15 is 0 Å². The Morgan fingerprint density at radius 2 is 2.00 bits per heavy atom. The Kier molecular flexibility index (Phi) is 5.75. The summed E-state index contributed by atoms with van der Waals surface area (Å²) in [6.45, 7) is 1.96. The predicted octanol–water partition coefficient (Wildman–Crippen LogP) is 3.25. The number of nitrogens with two attached hydrogens (primary N) is 1. The average Bonchev–Trinajstić information content (AvgIpc) is 2.53. The highest BCUT2D eigenvalue weighted by molar-refractivity contribution is 8.14. The lowest BCUT2D eigenvalue weighted by atomic mass is 10.1. The number of nitrogens with zero attached hydrogens (tertiary/aromatic N) is 2. The van der Waals surface area contributed by atoms with E-state index in [1.165, 1.54) is 12.1 Å². The van der Waals surface area contributed by atoms with Gasteiger partial charge in [0.25, 0.3) is 0 Å². The quantitative estimate of drug-likeness (QED) is 0.377. The van der Waals surface area contributed by atoms with Crippen molar-refractivity contribution in [3.8, 4) is 0 Å². The Hall–Kier alpha value is -2.35. The summed E-state index contributed by atoms with van der Waals surface area (Å²) < 4.78 is 0. The number of hydrogen-bond acceptors (Lipinski definition) is 6. The number of aryl methyl sites for hydroxylation is 1. The van der Waals surface area contributed by atoms with Gasteiger partial charge in [-0.15, -0.1) is 0 Å². The highest BCUT2D eigenvalue weighted by Crippen LogP contribution is 2.21. The third-order valence-electron chi connectivity index (χ3n) is 3.01. The highest BCUT2D eigenvalue weighted by atomic mass is 32.2. The van der Waals surface area contributed by atoms with E-state index in [0.29, 0.717) is 11.3 Å². The molecule has 0 unspecified atom stereocenters. The molecule has 2 aromatic carbocycles. The number of benzene rings is 2. The summed E-state index contributed by atoms with van der Waals surface area (Å²) in [6.07, 6.45) is 0. The van der Waals surface area contributed by atoms with Gasteiger partial charge in [0.15, 0.2) is 11.0 Å². The lowest BCUT2D eigenvalue weighted by Crippen LogP contribution is -2.11. The first kappa shape index (κ1) is 17.0. The molecule has 0 amide bonds. The van der Waals surface area contributed by atoms with Crippen LogP contribution in [0, 0.1) is 12.1 Å². The van der Waals surface area contributed by atoms with Crippen molar-refractivity contribution < 1.29 is 10.0 Å². The molecule has 120 valence electrons. The molecule has 7 heteroatoms. The Morgan fingerprint density at radius 1 is 1.30 bits per heavy atom. The number of carbonyl (C=O) groups is 1. The maximum Gasteiger partial charge on any atom is 0.173 e. The van der Waals surface area contributed by atoms with Gasteiger partial charge in [-0.3, -0.25) is 10.0 Å². The second-order valence-electron chi connectivity index (χ2n) is 4.82. The first-order valence-electron chi connectivity index (χ1n) is 6.79. The number of aliphatic imine (C=N–C) groups is 1. The Morgan fingerprint density at radius 3 is 2.65 bits per heavy atom. The van der Waals surface area contributed by atoms with E-state index in [-0.39, 0.29) is 27.6 Å². The molecular weight excluding hydrogens is 314 g/mol. The molecule has 0 atom stereocenters. The third kappa shape index (κ3) is 5.10. The molecule has 2 aromatic rings. The molecule has 23 heavy (non-hydrogen) atoms. The van der Waals surface area contributed by atoms with Gasteiger partial charge >= 0.3 is 0 Å². The lowest BCUT2D eigenvalue weighted by Gasteiger charge is -2.21. The third-order valence-corrected chi connectivity index (χ3v) is 3.81. The zero-order chi connectivity index (χ0) is 16.8. The largest absolute Gasteiger partial charge is 0.733 e. The van der Waals surface area contributed by atoms with Crippen LogP contribution in [0.1, 0.15) is 15.9 Å². The van der Waals surface area contributed by atoms with Gasteiger partial charge in [-0.05, 0) is 25.1 Å². The van der Waals surface area contributed by atoms with Crippen LogP contribution in [0.5, 0.6) is 0 Å². The monoisotopic (exact) mass is 330 g/mol. The van der Waals surface area contributed by atoms with Crippen molar-refractivity contribution in [3.63, 3.8) is 0 Å². The van der Waals surface area contributed by atoms with Crippen molar-refractivity contribution >= 4 is 34.1 Å². The fraction of sp³-hybridized carbons (Fsp3) is 0.125. The van der Waals surface area contributed by atoms with Crippen LogP contribution in [-0.4, -0.2) is 21.9 Å². The van der Waals surface area contributed by atoms with E-state index in [0.717, 1.165) is 17.3 Å².